The Bertz CT molecular complexity index is 70.5. The minimum absolute atomic E-state index is 0.741. The van der Waals surface area contributed by atoms with Gasteiger partial charge in [-0.3, -0.25) is 0 Å². The second-order valence-corrected chi connectivity index (χ2v) is 3.03. The molecule has 3 atom stereocenters. The fourth-order valence-electron chi connectivity index (χ4n) is 1.24. The molecule has 1 fully saturated rings. The summed E-state index contributed by atoms with van der Waals surface area (Å²) >= 11 is 0. The maximum Gasteiger partial charge on any atom is 0.00674 e. The van der Waals surface area contributed by atoms with E-state index in [2.05, 4.69) is 26.1 Å². The van der Waals surface area contributed by atoms with Gasteiger partial charge in [0, 0.05) is 6.04 Å². The van der Waals surface area contributed by atoms with E-state index in [9.17, 15) is 0 Å². The van der Waals surface area contributed by atoms with Crippen LogP contribution in [0, 0.1) is 11.8 Å². The van der Waals surface area contributed by atoms with Crippen LogP contribution in [0.4, 0.5) is 0 Å². The zero-order chi connectivity index (χ0) is 6.15. The Labute approximate surface area is 51.5 Å². The summed E-state index contributed by atoms with van der Waals surface area (Å²) in [6.07, 6.45) is 0. The molecule has 0 radical (unpaired) electrons. The molecule has 1 rings (SSSR count). The van der Waals surface area contributed by atoms with E-state index in [1.165, 1.54) is 6.54 Å². The Kier molecular flexibility index (Phi) is 1.57. The van der Waals surface area contributed by atoms with Crippen molar-refractivity contribution in [1.29, 1.82) is 0 Å². The first-order valence-electron chi connectivity index (χ1n) is 3.45. The van der Waals surface area contributed by atoms with E-state index in [4.69, 9.17) is 0 Å². The SMILES string of the molecule is C[C@H]1[C@@H](C)CN[C@@H]1C. The summed E-state index contributed by atoms with van der Waals surface area (Å²) in [6.45, 7) is 8.09. The van der Waals surface area contributed by atoms with Gasteiger partial charge < -0.3 is 5.32 Å². The fraction of sp³-hybridized carbons (Fsp3) is 1.00. The van der Waals surface area contributed by atoms with E-state index in [0.717, 1.165) is 17.9 Å². The van der Waals surface area contributed by atoms with E-state index in [0.29, 0.717) is 0 Å². The van der Waals surface area contributed by atoms with Crippen LogP contribution in [0.15, 0.2) is 0 Å². The van der Waals surface area contributed by atoms with Crippen molar-refractivity contribution in [3.8, 4) is 0 Å². The van der Waals surface area contributed by atoms with Crippen molar-refractivity contribution in [2.75, 3.05) is 6.54 Å². The molecule has 0 aliphatic carbocycles. The second-order valence-electron chi connectivity index (χ2n) is 3.03. The van der Waals surface area contributed by atoms with Crippen molar-refractivity contribution in [2.45, 2.75) is 26.8 Å². The summed E-state index contributed by atoms with van der Waals surface area (Å²) in [6, 6.07) is 0.741. The van der Waals surface area contributed by atoms with E-state index >= 15 is 0 Å². The highest BCUT2D eigenvalue weighted by atomic mass is 14.9. The van der Waals surface area contributed by atoms with Crippen LogP contribution in [0.5, 0.6) is 0 Å². The van der Waals surface area contributed by atoms with Gasteiger partial charge in [0.25, 0.3) is 0 Å². The van der Waals surface area contributed by atoms with Gasteiger partial charge in [0.05, 0.1) is 0 Å². The van der Waals surface area contributed by atoms with Gasteiger partial charge in [0.15, 0.2) is 0 Å². The molecule has 1 aliphatic rings. The first kappa shape index (κ1) is 6.09. The van der Waals surface area contributed by atoms with Gasteiger partial charge in [-0.05, 0) is 25.3 Å². The molecule has 8 heavy (non-hydrogen) atoms. The first-order valence-corrected chi connectivity index (χ1v) is 3.45. The standard InChI is InChI=1S/C7H15N/c1-5-4-8-7(3)6(5)2/h5-8H,4H2,1-3H3/t5-,6-,7+/m0/s1. The van der Waals surface area contributed by atoms with Crippen LogP contribution in [0.1, 0.15) is 20.8 Å². The van der Waals surface area contributed by atoms with Crippen LogP contribution in [-0.4, -0.2) is 12.6 Å². The fourth-order valence-corrected chi connectivity index (χ4v) is 1.24. The first-order chi connectivity index (χ1) is 3.72. The molecule has 1 aliphatic heterocycles. The average Bonchev–Trinajstić information content (AvgIpc) is 1.98. The quantitative estimate of drug-likeness (QED) is 0.498. The Morgan fingerprint density at radius 2 is 1.88 bits per heavy atom. The lowest BCUT2D eigenvalue weighted by Crippen LogP contribution is -2.20. The zero-order valence-corrected chi connectivity index (χ0v) is 5.94. The average molecular weight is 113 g/mol. The lowest BCUT2D eigenvalue weighted by molar-refractivity contribution is 0.436. The summed E-state index contributed by atoms with van der Waals surface area (Å²) in [5, 5.41) is 3.42. The highest BCUT2D eigenvalue weighted by molar-refractivity contribution is 4.81. The van der Waals surface area contributed by atoms with Crippen molar-refractivity contribution in [1.82, 2.24) is 5.32 Å². The molecule has 1 heteroatoms. The van der Waals surface area contributed by atoms with E-state index < -0.39 is 0 Å². The second kappa shape index (κ2) is 2.06. The molecule has 0 saturated carbocycles. The maximum atomic E-state index is 3.42. The van der Waals surface area contributed by atoms with Crippen LogP contribution in [0.2, 0.25) is 0 Å². The Balaban J connectivity index is 2.44. The van der Waals surface area contributed by atoms with Gasteiger partial charge in [-0.15, -0.1) is 0 Å². The summed E-state index contributed by atoms with van der Waals surface area (Å²) in [7, 11) is 0. The third-order valence-corrected chi connectivity index (χ3v) is 2.45. The van der Waals surface area contributed by atoms with Gasteiger partial charge in [-0.2, -0.15) is 0 Å². The Morgan fingerprint density at radius 3 is 2.00 bits per heavy atom. The molecule has 48 valence electrons. The molecule has 0 aromatic heterocycles. The van der Waals surface area contributed by atoms with Crippen LogP contribution in [0.3, 0.4) is 0 Å². The molecule has 0 aromatic rings. The van der Waals surface area contributed by atoms with Gasteiger partial charge in [0.1, 0.15) is 0 Å². The van der Waals surface area contributed by atoms with Crippen LogP contribution in [-0.2, 0) is 0 Å². The van der Waals surface area contributed by atoms with Crippen LogP contribution in [0.25, 0.3) is 0 Å². The largest absolute Gasteiger partial charge is 0.314 e. The smallest absolute Gasteiger partial charge is 0.00674 e. The molecular formula is C7H15N. The zero-order valence-electron chi connectivity index (χ0n) is 5.94. The summed E-state index contributed by atoms with van der Waals surface area (Å²) in [5.41, 5.74) is 0. The number of rotatable bonds is 0. The third kappa shape index (κ3) is 0.873. The van der Waals surface area contributed by atoms with Crippen molar-refractivity contribution < 1.29 is 0 Å². The summed E-state index contributed by atoms with van der Waals surface area (Å²) < 4.78 is 0. The van der Waals surface area contributed by atoms with E-state index in [1.807, 2.05) is 0 Å². The van der Waals surface area contributed by atoms with Crippen molar-refractivity contribution in [2.24, 2.45) is 11.8 Å². The molecule has 1 saturated heterocycles. The summed E-state index contributed by atoms with van der Waals surface area (Å²) in [4.78, 5) is 0. The molecule has 1 N–H and O–H groups in total. The van der Waals surface area contributed by atoms with Crippen LogP contribution >= 0.6 is 0 Å². The Hall–Kier alpha value is -0.0400. The molecule has 1 heterocycles. The molecule has 0 spiro atoms. The predicted octanol–water partition coefficient (Wildman–Crippen LogP) is 1.25. The summed E-state index contributed by atoms with van der Waals surface area (Å²) in [5.74, 6) is 1.75. The van der Waals surface area contributed by atoms with Gasteiger partial charge in [-0.25, -0.2) is 0 Å². The molecular weight excluding hydrogens is 98.1 g/mol. The minimum atomic E-state index is 0.741. The van der Waals surface area contributed by atoms with Crippen molar-refractivity contribution in [3.63, 3.8) is 0 Å². The number of hydrogen-bond acceptors (Lipinski definition) is 1. The lowest BCUT2D eigenvalue weighted by Gasteiger charge is -2.10. The molecule has 0 amide bonds. The topological polar surface area (TPSA) is 12.0 Å². The minimum Gasteiger partial charge on any atom is -0.314 e. The third-order valence-electron chi connectivity index (χ3n) is 2.45. The van der Waals surface area contributed by atoms with Crippen molar-refractivity contribution in [3.05, 3.63) is 0 Å². The highest BCUT2D eigenvalue weighted by Crippen LogP contribution is 2.19. The lowest BCUT2D eigenvalue weighted by atomic mass is 9.95. The van der Waals surface area contributed by atoms with Crippen molar-refractivity contribution >= 4 is 0 Å². The van der Waals surface area contributed by atoms with Gasteiger partial charge in [0.2, 0.25) is 0 Å². The molecule has 0 aromatic carbocycles. The van der Waals surface area contributed by atoms with Crippen LogP contribution < -0.4 is 5.32 Å². The monoisotopic (exact) mass is 113 g/mol. The Morgan fingerprint density at radius 1 is 1.25 bits per heavy atom. The predicted molar refractivity (Wildman–Crippen MR) is 35.8 cm³/mol. The maximum absolute atomic E-state index is 3.42. The number of hydrogen-bond donors (Lipinski definition) is 1. The highest BCUT2D eigenvalue weighted by Gasteiger charge is 2.24. The normalized spacial score (nSPS) is 47.6. The van der Waals surface area contributed by atoms with E-state index in [1.54, 1.807) is 0 Å². The molecule has 1 nitrogen and oxygen atoms in total. The molecule has 0 unspecified atom stereocenters. The van der Waals surface area contributed by atoms with Gasteiger partial charge in [-0.1, -0.05) is 13.8 Å². The molecule has 0 bridgehead atoms. The van der Waals surface area contributed by atoms with Gasteiger partial charge >= 0.3 is 0 Å². The van der Waals surface area contributed by atoms with E-state index in [-0.39, 0.29) is 0 Å². The number of nitrogens with one attached hydrogen (secondary N) is 1.